The van der Waals surface area contributed by atoms with E-state index in [2.05, 4.69) is 10.1 Å². The van der Waals surface area contributed by atoms with Crippen LogP contribution in [0, 0.1) is 11.8 Å². The molecule has 1 aliphatic carbocycles. The second-order valence-electron chi connectivity index (χ2n) is 4.97. The molecule has 7 heteroatoms. The van der Waals surface area contributed by atoms with Gasteiger partial charge in [-0.15, -0.1) is 0 Å². The molecule has 5 nitrogen and oxygen atoms in total. The van der Waals surface area contributed by atoms with Crippen molar-refractivity contribution in [2.45, 2.75) is 26.0 Å². The molecule has 0 heterocycles. The maximum absolute atomic E-state index is 12.1. The molecular weight excluding hydrogens is 284 g/mol. The number of halogens is 2. The van der Waals surface area contributed by atoms with Gasteiger partial charge in [0.05, 0.1) is 17.9 Å². The summed E-state index contributed by atoms with van der Waals surface area (Å²) in [5, 5.41) is 11.5. The predicted molar refractivity (Wildman–Crippen MR) is 68.9 cm³/mol. The Kier molecular flexibility index (Phi) is 4.40. The van der Waals surface area contributed by atoms with Crippen LogP contribution in [0.4, 0.5) is 8.78 Å². The quantitative estimate of drug-likeness (QED) is 0.844. The van der Waals surface area contributed by atoms with Gasteiger partial charge in [0.1, 0.15) is 5.75 Å². The molecule has 0 aliphatic heterocycles. The highest BCUT2D eigenvalue weighted by Crippen LogP contribution is 2.39. The maximum Gasteiger partial charge on any atom is 0.387 e. The summed E-state index contributed by atoms with van der Waals surface area (Å²) >= 11 is 0. The number of carbonyl (C=O) groups excluding carboxylic acids is 1. The number of ether oxygens (including phenoxy) is 1. The first-order valence-electron chi connectivity index (χ1n) is 6.46. The minimum absolute atomic E-state index is 0.0124. The molecule has 0 radical (unpaired) electrons. The van der Waals surface area contributed by atoms with Crippen LogP contribution in [-0.2, 0) is 9.59 Å². The molecule has 3 atom stereocenters. The van der Waals surface area contributed by atoms with E-state index in [0.29, 0.717) is 12.0 Å². The lowest BCUT2D eigenvalue weighted by molar-refractivity contribution is -0.140. The van der Waals surface area contributed by atoms with Crippen molar-refractivity contribution in [3.05, 3.63) is 29.8 Å². The second kappa shape index (κ2) is 6.07. The number of benzene rings is 1. The standard InChI is InChI=1S/C14H15F2NO4/c1-7(17-12(18)10-6-11(10)13(19)20)8-3-2-4-9(5-8)21-14(15)16/h2-5,7,10-11,14H,6H2,1H3,(H,17,18)(H,19,20). The summed E-state index contributed by atoms with van der Waals surface area (Å²) in [6.45, 7) is -1.22. The SMILES string of the molecule is CC(NC(=O)C1CC1C(=O)O)c1cccc(OC(F)F)c1. The zero-order chi connectivity index (χ0) is 15.6. The summed E-state index contributed by atoms with van der Waals surface area (Å²) in [6.07, 6.45) is 0.336. The van der Waals surface area contributed by atoms with Crippen molar-refractivity contribution in [1.29, 1.82) is 0 Å². The van der Waals surface area contributed by atoms with Crippen LogP contribution in [0.25, 0.3) is 0 Å². The van der Waals surface area contributed by atoms with E-state index in [4.69, 9.17) is 5.11 Å². The Hall–Kier alpha value is -2.18. The molecule has 2 N–H and O–H groups in total. The van der Waals surface area contributed by atoms with Crippen molar-refractivity contribution in [1.82, 2.24) is 5.32 Å². The Morgan fingerprint density at radius 2 is 2.10 bits per heavy atom. The highest BCUT2D eigenvalue weighted by molar-refractivity contribution is 5.89. The zero-order valence-electron chi connectivity index (χ0n) is 11.3. The van der Waals surface area contributed by atoms with Crippen LogP contribution in [0.3, 0.4) is 0 Å². The number of rotatable bonds is 6. The van der Waals surface area contributed by atoms with Crippen LogP contribution >= 0.6 is 0 Å². The van der Waals surface area contributed by atoms with E-state index in [0.717, 1.165) is 0 Å². The fourth-order valence-corrected chi connectivity index (χ4v) is 2.12. The van der Waals surface area contributed by atoms with Gasteiger partial charge in [-0.3, -0.25) is 9.59 Å². The number of alkyl halides is 2. The average Bonchev–Trinajstić information content (AvgIpc) is 3.18. The fraction of sp³-hybridized carbons (Fsp3) is 0.429. The number of amides is 1. The van der Waals surface area contributed by atoms with E-state index < -0.39 is 30.5 Å². The minimum Gasteiger partial charge on any atom is -0.481 e. The predicted octanol–water partition coefficient (Wildman–Crippen LogP) is 2.19. The Balaban J connectivity index is 1.95. The fourth-order valence-electron chi connectivity index (χ4n) is 2.12. The third-order valence-corrected chi connectivity index (χ3v) is 3.39. The van der Waals surface area contributed by atoms with Gasteiger partial charge in [0.15, 0.2) is 0 Å². The number of aliphatic carboxylic acids is 1. The molecule has 0 saturated heterocycles. The topological polar surface area (TPSA) is 75.6 Å². The van der Waals surface area contributed by atoms with Crippen LogP contribution in [0.2, 0.25) is 0 Å². The molecular formula is C14H15F2NO4. The molecule has 21 heavy (non-hydrogen) atoms. The van der Waals surface area contributed by atoms with Crippen LogP contribution in [0.5, 0.6) is 5.75 Å². The van der Waals surface area contributed by atoms with Crippen molar-refractivity contribution in [2.24, 2.45) is 11.8 Å². The largest absolute Gasteiger partial charge is 0.481 e. The Labute approximate surface area is 119 Å². The van der Waals surface area contributed by atoms with Gasteiger partial charge in [0.2, 0.25) is 5.91 Å². The first kappa shape index (κ1) is 15.2. The van der Waals surface area contributed by atoms with Gasteiger partial charge in [0.25, 0.3) is 0 Å². The smallest absolute Gasteiger partial charge is 0.387 e. The van der Waals surface area contributed by atoms with Crippen molar-refractivity contribution in [3.63, 3.8) is 0 Å². The molecule has 1 amide bonds. The van der Waals surface area contributed by atoms with Gasteiger partial charge >= 0.3 is 12.6 Å². The first-order chi connectivity index (χ1) is 9.88. The molecule has 0 bridgehead atoms. The third-order valence-electron chi connectivity index (χ3n) is 3.39. The highest BCUT2D eigenvalue weighted by Gasteiger charge is 2.48. The van der Waals surface area contributed by atoms with E-state index in [1.165, 1.54) is 12.1 Å². The lowest BCUT2D eigenvalue weighted by Gasteiger charge is -2.15. The number of hydrogen-bond donors (Lipinski definition) is 2. The number of carboxylic acids is 1. The monoisotopic (exact) mass is 299 g/mol. The summed E-state index contributed by atoms with van der Waals surface area (Å²) in [5.74, 6) is -2.43. The van der Waals surface area contributed by atoms with Crippen molar-refractivity contribution in [2.75, 3.05) is 0 Å². The second-order valence-corrected chi connectivity index (χ2v) is 4.97. The van der Waals surface area contributed by atoms with E-state index in [9.17, 15) is 18.4 Å². The molecule has 0 spiro atoms. The zero-order valence-corrected chi connectivity index (χ0v) is 11.3. The van der Waals surface area contributed by atoms with Crippen LogP contribution in [-0.4, -0.2) is 23.6 Å². The van der Waals surface area contributed by atoms with Gasteiger partial charge in [-0.2, -0.15) is 8.78 Å². The molecule has 1 aromatic carbocycles. The van der Waals surface area contributed by atoms with E-state index in [1.807, 2.05) is 0 Å². The van der Waals surface area contributed by atoms with E-state index in [1.54, 1.807) is 19.1 Å². The van der Waals surface area contributed by atoms with Crippen LogP contribution in [0.15, 0.2) is 24.3 Å². The molecule has 1 saturated carbocycles. The normalized spacial score (nSPS) is 21.7. The third kappa shape index (κ3) is 3.90. The van der Waals surface area contributed by atoms with Crippen molar-refractivity contribution in [3.8, 4) is 5.75 Å². The Morgan fingerprint density at radius 3 is 2.67 bits per heavy atom. The van der Waals surface area contributed by atoms with E-state index >= 15 is 0 Å². The average molecular weight is 299 g/mol. The minimum atomic E-state index is -2.91. The summed E-state index contributed by atoms with van der Waals surface area (Å²) in [7, 11) is 0. The van der Waals surface area contributed by atoms with Gasteiger partial charge in [-0.1, -0.05) is 12.1 Å². The number of hydrogen-bond acceptors (Lipinski definition) is 3. The van der Waals surface area contributed by atoms with Crippen molar-refractivity contribution < 1.29 is 28.2 Å². The van der Waals surface area contributed by atoms with Crippen molar-refractivity contribution >= 4 is 11.9 Å². The first-order valence-corrected chi connectivity index (χ1v) is 6.46. The molecule has 1 fully saturated rings. The molecule has 114 valence electrons. The lowest BCUT2D eigenvalue weighted by atomic mass is 10.1. The maximum atomic E-state index is 12.1. The Bertz CT molecular complexity index is 550. The summed E-state index contributed by atoms with van der Waals surface area (Å²) in [5.41, 5.74) is 0.606. The number of carbonyl (C=O) groups is 2. The van der Waals surface area contributed by atoms with Gasteiger partial charge in [-0.25, -0.2) is 0 Å². The number of carboxylic acid groups (broad SMARTS) is 1. The summed E-state index contributed by atoms with van der Waals surface area (Å²) < 4.78 is 28.6. The van der Waals surface area contributed by atoms with Crippen LogP contribution in [0.1, 0.15) is 24.9 Å². The summed E-state index contributed by atoms with van der Waals surface area (Å²) in [6, 6.07) is 5.61. The van der Waals surface area contributed by atoms with E-state index in [-0.39, 0.29) is 11.7 Å². The molecule has 3 unspecified atom stereocenters. The Morgan fingerprint density at radius 1 is 1.38 bits per heavy atom. The lowest BCUT2D eigenvalue weighted by Crippen LogP contribution is -2.29. The van der Waals surface area contributed by atoms with Gasteiger partial charge < -0.3 is 15.2 Å². The molecule has 2 rings (SSSR count). The molecule has 0 aromatic heterocycles. The van der Waals surface area contributed by atoms with Gasteiger partial charge in [-0.05, 0) is 31.0 Å². The summed E-state index contributed by atoms with van der Waals surface area (Å²) in [4.78, 5) is 22.6. The molecule has 1 aromatic rings. The highest BCUT2D eigenvalue weighted by atomic mass is 19.3. The van der Waals surface area contributed by atoms with Crippen LogP contribution < -0.4 is 10.1 Å². The van der Waals surface area contributed by atoms with Gasteiger partial charge in [0, 0.05) is 0 Å². The molecule has 1 aliphatic rings. The number of nitrogens with one attached hydrogen (secondary N) is 1.